The molecule has 1 aromatic rings. The van der Waals surface area contributed by atoms with Crippen LogP contribution in [0.1, 0.15) is 72.4 Å². The van der Waals surface area contributed by atoms with Crippen LogP contribution in [0.5, 0.6) is 5.75 Å². The van der Waals surface area contributed by atoms with Gasteiger partial charge in [-0.25, -0.2) is 13.1 Å². The number of hydrogen-bond acceptors (Lipinski definition) is 4. The predicted octanol–water partition coefficient (Wildman–Crippen LogP) is 4.93. The Balaban J connectivity index is 1.98. The van der Waals surface area contributed by atoms with Gasteiger partial charge in [-0.05, 0) is 53.7 Å². The summed E-state index contributed by atoms with van der Waals surface area (Å²) >= 11 is 0. The summed E-state index contributed by atoms with van der Waals surface area (Å²) in [6, 6.07) is 7.48. The van der Waals surface area contributed by atoms with E-state index in [2.05, 4.69) is 25.5 Å². The molecule has 1 saturated carbocycles. The first-order valence-corrected chi connectivity index (χ1v) is 12.3. The minimum Gasteiger partial charge on any atom is -0.493 e. The Morgan fingerprint density at radius 2 is 1.83 bits per heavy atom. The Morgan fingerprint density at radius 1 is 1.14 bits per heavy atom. The van der Waals surface area contributed by atoms with Crippen LogP contribution in [0, 0.1) is 16.7 Å². The van der Waals surface area contributed by atoms with Gasteiger partial charge < -0.3 is 9.47 Å². The topological polar surface area (TPSA) is 64.6 Å². The van der Waals surface area contributed by atoms with Gasteiger partial charge >= 0.3 is 0 Å². The molecule has 166 valence electrons. The SMILES string of the molecule is CC(C)(C)COCCCS(=O)(=O)NC(c1cccc(OCC2CC2)c1)C(C)(C)C. The van der Waals surface area contributed by atoms with E-state index in [0.29, 0.717) is 25.6 Å². The second kappa shape index (κ2) is 9.80. The summed E-state index contributed by atoms with van der Waals surface area (Å²) in [5.41, 5.74) is 0.741. The van der Waals surface area contributed by atoms with Gasteiger partial charge in [-0.1, -0.05) is 53.7 Å². The zero-order valence-corrected chi connectivity index (χ0v) is 19.8. The van der Waals surface area contributed by atoms with Crippen LogP contribution in [0.25, 0.3) is 0 Å². The summed E-state index contributed by atoms with van der Waals surface area (Å²) in [5, 5.41) is 0. The molecule has 0 radical (unpaired) electrons. The lowest BCUT2D eigenvalue weighted by Gasteiger charge is -2.32. The molecular formula is C23H39NO4S. The molecule has 0 heterocycles. The molecule has 0 saturated heterocycles. The minimum absolute atomic E-state index is 0.0571. The fourth-order valence-electron chi connectivity index (χ4n) is 3.00. The molecular weight excluding hydrogens is 386 g/mol. The first-order valence-electron chi connectivity index (χ1n) is 10.7. The minimum atomic E-state index is -3.43. The maximum atomic E-state index is 12.7. The highest BCUT2D eigenvalue weighted by Crippen LogP contribution is 2.35. The predicted molar refractivity (Wildman–Crippen MR) is 119 cm³/mol. The van der Waals surface area contributed by atoms with Crippen molar-refractivity contribution in [2.24, 2.45) is 16.7 Å². The maximum absolute atomic E-state index is 12.7. The summed E-state index contributed by atoms with van der Waals surface area (Å²) in [6.45, 7) is 14.2. The lowest BCUT2D eigenvalue weighted by atomic mass is 9.83. The second-order valence-electron chi connectivity index (χ2n) is 10.5. The van der Waals surface area contributed by atoms with Gasteiger partial charge in [-0.15, -0.1) is 0 Å². The third kappa shape index (κ3) is 9.49. The average Bonchev–Trinajstić information content (AvgIpc) is 3.40. The number of ether oxygens (including phenoxy) is 2. The molecule has 1 aromatic carbocycles. The van der Waals surface area contributed by atoms with E-state index in [1.54, 1.807) is 0 Å². The van der Waals surface area contributed by atoms with E-state index >= 15 is 0 Å². The zero-order valence-electron chi connectivity index (χ0n) is 19.0. The normalized spacial score (nSPS) is 16.6. The number of benzene rings is 1. The Hall–Kier alpha value is -1.11. The van der Waals surface area contributed by atoms with Gasteiger partial charge in [-0.2, -0.15) is 0 Å². The first-order chi connectivity index (χ1) is 13.4. The molecule has 1 aliphatic rings. The lowest BCUT2D eigenvalue weighted by molar-refractivity contribution is 0.0720. The van der Waals surface area contributed by atoms with Crippen LogP contribution in [0.4, 0.5) is 0 Å². The van der Waals surface area contributed by atoms with Crippen LogP contribution in [0.15, 0.2) is 24.3 Å². The van der Waals surface area contributed by atoms with E-state index in [1.807, 2.05) is 45.0 Å². The van der Waals surface area contributed by atoms with Crippen LogP contribution >= 0.6 is 0 Å². The van der Waals surface area contributed by atoms with Crippen molar-refractivity contribution in [3.8, 4) is 5.75 Å². The second-order valence-corrected chi connectivity index (χ2v) is 12.4. The van der Waals surface area contributed by atoms with Gasteiger partial charge in [0.05, 0.1) is 25.0 Å². The first kappa shape index (κ1) is 24.2. The van der Waals surface area contributed by atoms with E-state index < -0.39 is 10.0 Å². The highest BCUT2D eigenvalue weighted by molar-refractivity contribution is 7.89. The third-order valence-corrected chi connectivity index (χ3v) is 6.20. The average molecular weight is 426 g/mol. The fraction of sp³-hybridized carbons (Fsp3) is 0.739. The summed E-state index contributed by atoms with van der Waals surface area (Å²) in [4.78, 5) is 0. The highest BCUT2D eigenvalue weighted by Gasteiger charge is 2.30. The molecule has 1 atom stereocenters. The van der Waals surface area contributed by atoms with Crippen molar-refractivity contribution < 1.29 is 17.9 Å². The van der Waals surface area contributed by atoms with Crippen molar-refractivity contribution >= 4 is 10.0 Å². The van der Waals surface area contributed by atoms with Crippen molar-refractivity contribution in [2.45, 2.75) is 66.8 Å². The van der Waals surface area contributed by atoms with Gasteiger partial charge in [0, 0.05) is 6.61 Å². The smallest absolute Gasteiger partial charge is 0.212 e. The third-order valence-electron chi connectivity index (χ3n) is 4.77. The molecule has 1 aliphatic carbocycles. The highest BCUT2D eigenvalue weighted by atomic mass is 32.2. The summed E-state index contributed by atoms with van der Waals surface area (Å²) in [6.07, 6.45) is 2.96. The Kier molecular flexibility index (Phi) is 8.16. The molecule has 6 heteroatoms. The lowest BCUT2D eigenvalue weighted by Crippen LogP contribution is -2.38. The van der Waals surface area contributed by atoms with Gasteiger partial charge in [0.2, 0.25) is 10.0 Å². The fourth-order valence-corrected chi connectivity index (χ4v) is 4.46. The number of rotatable bonds is 11. The van der Waals surface area contributed by atoms with Gasteiger partial charge in [0.1, 0.15) is 5.75 Å². The van der Waals surface area contributed by atoms with Crippen LogP contribution in [-0.4, -0.2) is 34.0 Å². The van der Waals surface area contributed by atoms with Crippen molar-refractivity contribution in [3.05, 3.63) is 29.8 Å². The van der Waals surface area contributed by atoms with Crippen molar-refractivity contribution in [3.63, 3.8) is 0 Å². The zero-order chi connectivity index (χ0) is 21.7. The molecule has 1 unspecified atom stereocenters. The monoisotopic (exact) mass is 425 g/mol. The summed E-state index contributed by atoms with van der Waals surface area (Å²) < 4.78 is 39.9. The van der Waals surface area contributed by atoms with Gasteiger partial charge in [0.15, 0.2) is 0 Å². The van der Waals surface area contributed by atoms with Crippen molar-refractivity contribution in [2.75, 3.05) is 25.6 Å². The van der Waals surface area contributed by atoms with Crippen LogP contribution in [0.3, 0.4) is 0 Å². The van der Waals surface area contributed by atoms with Gasteiger partial charge in [-0.3, -0.25) is 0 Å². The number of sulfonamides is 1. The van der Waals surface area contributed by atoms with E-state index in [4.69, 9.17) is 9.47 Å². The van der Waals surface area contributed by atoms with Crippen molar-refractivity contribution in [1.29, 1.82) is 0 Å². The molecule has 1 fully saturated rings. The molecule has 1 N–H and O–H groups in total. The molecule has 0 aliphatic heterocycles. The van der Waals surface area contributed by atoms with Crippen LogP contribution in [-0.2, 0) is 14.8 Å². The maximum Gasteiger partial charge on any atom is 0.212 e. The molecule has 0 spiro atoms. The number of hydrogen-bond donors (Lipinski definition) is 1. The van der Waals surface area contributed by atoms with E-state index in [0.717, 1.165) is 17.9 Å². The molecule has 2 rings (SSSR count). The standard InChI is InChI=1S/C23H39NO4S/c1-22(2,3)17-27-13-8-14-29(25,26)24-21(23(4,5)6)19-9-7-10-20(15-19)28-16-18-11-12-18/h7,9-10,15,18,21,24H,8,11-14,16-17H2,1-6H3. The molecule has 0 bridgehead atoms. The summed E-state index contributed by atoms with van der Waals surface area (Å²) in [7, 11) is -3.43. The summed E-state index contributed by atoms with van der Waals surface area (Å²) in [5.74, 6) is 1.54. The van der Waals surface area contributed by atoms with Crippen LogP contribution in [0.2, 0.25) is 0 Å². The van der Waals surface area contributed by atoms with E-state index in [9.17, 15) is 8.42 Å². The van der Waals surface area contributed by atoms with E-state index in [-0.39, 0.29) is 22.6 Å². The molecule has 29 heavy (non-hydrogen) atoms. The molecule has 0 aromatic heterocycles. The van der Waals surface area contributed by atoms with Gasteiger partial charge in [0.25, 0.3) is 0 Å². The Morgan fingerprint density at radius 3 is 2.41 bits per heavy atom. The van der Waals surface area contributed by atoms with Crippen LogP contribution < -0.4 is 9.46 Å². The number of nitrogens with one attached hydrogen (secondary N) is 1. The quantitative estimate of drug-likeness (QED) is 0.510. The largest absolute Gasteiger partial charge is 0.493 e. The van der Waals surface area contributed by atoms with E-state index in [1.165, 1.54) is 12.8 Å². The molecule has 5 nitrogen and oxygen atoms in total. The Bertz CT molecular complexity index is 743. The molecule has 0 amide bonds. The van der Waals surface area contributed by atoms with Crippen molar-refractivity contribution in [1.82, 2.24) is 4.72 Å². The Labute approximate surface area is 177 Å².